The van der Waals surface area contributed by atoms with E-state index in [9.17, 15) is 4.39 Å². The van der Waals surface area contributed by atoms with Crippen molar-refractivity contribution in [3.8, 4) is 5.75 Å². The first kappa shape index (κ1) is 14.9. The predicted octanol–water partition coefficient (Wildman–Crippen LogP) is 2.39. The lowest BCUT2D eigenvalue weighted by Gasteiger charge is -2.24. The summed E-state index contributed by atoms with van der Waals surface area (Å²) in [4.78, 5) is 0. The van der Waals surface area contributed by atoms with Crippen LogP contribution in [0.25, 0.3) is 0 Å². The van der Waals surface area contributed by atoms with Crippen LogP contribution in [0.15, 0.2) is 18.2 Å². The summed E-state index contributed by atoms with van der Waals surface area (Å²) in [5.41, 5.74) is 0.643. The Hall–Kier alpha value is -1.13. The van der Waals surface area contributed by atoms with Crippen molar-refractivity contribution in [2.24, 2.45) is 0 Å². The summed E-state index contributed by atoms with van der Waals surface area (Å²) < 4.78 is 24.4. The Morgan fingerprint density at radius 1 is 1.33 bits per heavy atom. The first-order valence-corrected chi connectivity index (χ1v) is 6.21. The summed E-state index contributed by atoms with van der Waals surface area (Å²) in [5, 5.41) is 3.31. The third kappa shape index (κ3) is 3.68. The molecule has 0 aliphatic heterocycles. The van der Waals surface area contributed by atoms with Gasteiger partial charge in [-0.3, -0.25) is 0 Å². The molecular formula is C14H22FNO2. The maximum atomic E-state index is 14.0. The summed E-state index contributed by atoms with van der Waals surface area (Å²) in [6, 6.07) is 5.30. The average Bonchev–Trinajstić information content (AvgIpc) is 2.39. The molecule has 0 aromatic heterocycles. The molecule has 0 heterocycles. The molecule has 0 spiro atoms. The quantitative estimate of drug-likeness (QED) is 0.811. The molecular weight excluding hydrogens is 233 g/mol. The van der Waals surface area contributed by atoms with E-state index in [2.05, 4.69) is 5.32 Å². The van der Waals surface area contributed by atoms with Gasteiger partial charge in [0, 0.05) is 13.2 Å². The van der Waals surface area contributed by atoms with E-state index in [0.29, 0.717) is 12.0 Å². The van der Waals surface area contributed by atoms with Gasteiger partial charge in [-0.2, -0.15) is 0 Å². The Bertz CT molecular complexity index is 371. The molecule has 0 saturated heterocycles. The molecule has 3 nitrogen and oxygen atoms in total. The van der Waals surface area contributed by atoms with Gasteiger partial charge in [-0.1, -0.05) is 19.1 Å². The molecule has 1 aromatic carbocycles. The number of hydrogen-bond donors (Lipinski definition) is 1. The molecule has 0 amide bonds. The first-order valence-electron chi connectivity index (χ1n) is 6.21. The number of halogens is 1. The maximum absolute atomic E-state index is 14.0. The van der Waals surface area contributed by atoms with Crippen LogP contribution in [0.3, 0.4) is 0 Å². The van der Waals surface area contributed by atoms with Gasteiger partial charge in [0.25, 0.3) is 0 Å². The van der Waals surface area contributed by atoms with Crippen molar-refractivity contribution in [1.82, 2.24) is 5.32 Å². The van der Waals surface area contributed by atoms with Crippen molar-refractivity contribution < 1.29 is 13.9 Å². The average molecular weight is 255 g/mol. The largest absolute Gasteiger partial charge is 0.494 e. The van der Waals surface area contributed by atoms with Gasteiger partial charge in [0.2, 0.25) is 0 Å². The normalized spacial score (nSPS) is 14.3. The summed E-state index contributed by atoms with van der Waals surface area (Å²) in [5.74, 6) is -0.000903. The third-order valence-electron chi connectivity index (χ3n) is 3.11. The highest BCUT2D eigenvalue weighted by atomic mass is 19.1. The first-order chi connectivity index (χ1) is 8.63. The van der Waals surface area contributed by atoms with E-state index in [4.69, 9.17) is 9.47 Å². The highest BCUT2D eigenvalue weighted by Gasteiger charge is 2.19. The zero-order valence-corrected chi connectivity index (χ0v) is 11.5. The summed E-state index contributed by atoms with van der Waals surface area (Å²) in [6.45, 7) is 4.83. The van der Waals surface area contributed by atoms with Gasteiger partial charge in [-0.05, 0) is 31.5 Å². The zero-order chi connectivity index (χ0) is 13.5. The fourth-order valence-electron chi connectivity index (χ4n) is 1.94. The monoisotopic (exact) mass is 255 g/mol. The molecule has 4 heteroatoms. The Balaban J connectivity index is 2.86. The van der Waals surface area contributed by atoms with E-state index in [0.717, 1.165) is 6.54 Å². The highest BCUT2D eigenvalue weighted by Crippen LogP contribution is 2.21. The number of methoxy groups -OCH3 is 2. The maximum Gasteiger partial charge on any atom is 0.168 e. The smallest absolute Gasteiger partial charge is 0.168 e. The van der Waals surface area contributed by atoms with E-state index in [1.807, 2.05) is 13.8 Å². The number of ether oxygens (including phenoxy) is 2. The van der Waals surface area contributed by atoms with Gasteiger partial charge in [-0.25, -0.2) is 4.39 Å². The van der Waals surface area contributed by atoms with Crippen LogP contribution in [-0.2, 0) is 11.2 Å². The Morgan fingerprint density at radius 3 is 2.61 bits per heavy atom. The lowest BCUT2D eigenvalue weighted by atomic mass is 10.0. The van der Waals surface area contributed by atoms with Crippen LogP contribution >= 0.6 is 0 Å². The minimum atomic E-state index is -0.286. The number of hydrogen-bond acceptors (Lipinski definition) is 3. The lowest BCUT2D eigenvalue weighted by molar-refractivity contribution is 0.0833. The molecule has 2 atom stereocenters. The third-order valence-corrected chi connectivity index (χ3v) is 3.11. The fraction of sp³-hybridized carbons (Fsp3) is 0.571. The second-order valence-electron chi connectivity index (χ2n) is 4.24. The Kier molecular flexibility index (Phi) is 6.09. The Labute approximate surface area is 108 Å². The van der Waals surface area contributed by atoms with Gasteiger partial charge < -0.3 is 14.8 Å². The molecule has 102 valence electrons. The lowest BCUT2D eigenvalue weighted by Crippen LogP contribution is -2.41. The van der Waals surface area contributed by atoms with Crippen LogP contribution in [0.5, 0.6) is 5.75 Å². The summed E-state index contributed by atoms with van der Waals surface area (Å²) >= 11 is 0. The highest BCUT2D eigenvalue weighted by molar-refractivity contribution is 5.31. The molecule has 1 rings (SSSR count). The van der Waals surface area contributed by atoms with Gasteiger partial charge in [-0.15, -0.1) is 0 Å². The number of likely N-dealkylation sites (N-methyl/N-ethyl adjacent to an activating group) is 1. The van der Waals surface area contributed by atoms with E-state index in [1.165, 1.54) is 7.11 Å². The second-order valence-corrected chi connectivity index (χ2v) is 4.24. The van der Waals surface area contributed by atoms with Crippen molar-refractivity contribution in [2.45, 2.75) is 32.4 Å². The Morgan fingerprint density at radius 2 is 2.06 bits per heavy atom. The van der Waals surface area contributed by atoms with Gasteiger partial charge in [0.05, 0.1) is 13.2 Å². The van der Waals surface area contributed by atoms with Crippen LogP contribution in [-0.4, -0.2) is 32.9 Å². The minimum Gasteiger partial charge on any atom is -0.494 e. The van der Waals surface area contributed by atoms with Crippen LogP contribution in [0.1, 0.15) is 19.4 Å². The SMILES string of the molecule is CCNC(Cc1cccc(OC)c1F)C(C)OC. The van der Waals surface area contributed by atoms with Crippen LogP contribution in [0, 0.1) is 5.82 Å². The van der Waals surface area contributed by atoms with Crippen LogP contribution in [0.2, 0.25) is 0 Å². The number of rotatable bonds is 7. The minimum absolute atomic E-state index is 0.0237. The van der Waals surface area contributed by atoms with Gasteiger partial charge >= 0.3 is 0 Å². The van der Waals surface area contributed by atoms with Crippen molar-refractivity contribution in [3.05, 3.63) is 29.6 Å². The van der Waals surface area contributed by atoms with E-state index in [1.54, 1.807) is 25.3 Å². The zero-order valence-electron chi connectivity index (χ0n) is 11.5. The van der Waals surface area contributed by atoms with Crippen molar-refractivity contribution >= 4 is 0 Å². The fourth-order valence-corrected chi connectivity index (χ4v) is 1.94. The standard InChI is InChI=1S/C14H22FNO2/c1-5-16-12(10(2)17-3)9-11-7-6-8-13(18-4)14(11)15/h6-8,10,12,16H,5,9H2,1-4H3. The summed E-state index contributed by atoms with van der Waals surface area (Å²) in [7, 11) is 3.14. The van der Waals surface area contributed by atoms with E-state index < -0.39 is 0 Å². The molecule has 2 unspecified atom stereocenters. The topological polar surface area (TPSA) is 30.5 Å². The molecule has 1 N–H and O–H groups in total. The molecule has 0 radical (unpaired) electrons. The van der Waals surface area contributed by atoms with E-state index >= 15 is 0 Å². The number of benzene rings is 1. The van der Waals surface area contributed by atoms with Crippen LogP contribution in [0.4, 0.5) is 4.39 Å². The molecule has 0 aliphatic carbocycles. The van der Waals surface area contributed by atoms with E-state index in [-0.39, 0.29) is 23.7 Å². The van der Waals surface area contributed by atoms with Gasteiger partial charge in [0.1, 0.15) is 0 Å². The molecule has 18 heavy (non-hydrogen) atoms. The molecule has 0 aliphatic rings. The molecule has 0 fully saturated rings. The van der Waals surface area contributed by atoms with Crippen molar-refractivity contribution in [3.63, 3.8) is 0 Å². The van der Waals surface area contributed by atoms with Crippen molar-refractivity contribution in [1.29, 1.82) is 0 Å². The molecule has 1 aromatic rings. The van der Waals surface area contributed by atoms with Crippen LogP contribution < -0.4 is 10.1 Å². The second kappa shape index (κ2) is 7.34. The predicted molar refractivity (Wildman–Crippen MR) is 70.6 cm³/mol. The van der Waals surface area contributed by atoms with Gasteiger partial charge in [0.15, 0.2) is 11.6 Å². The van der Waals surface area contributed by atoms with Crippen molar-refractivity contribution in [2.75, 3.05) is 20.8 Å². The number of nitrogens with one attached hydrogen (secondary N) is 1. The summed E-state index contributed by atoms with van der Waals surface area (Å²) in [6.07, 6.45) is 0.599. The molecule has 0 bridgehead atoms. The molecule has 0 saturated carbocycles.